The first-order chi connectivity index (χ1) is 10.6. The summed E-state index contributed by atoms with van der Waals surface area (Å²) < 4.78 is 5.42. The van der Waals surface area contributed by atoms with Crippen LogP contribution in [-0.2, 0) is 9.59 Å². The van der Waals surface area contributed by atoms with E-state index in [9.17, 15) is 9.59 Å². The Bertz CT molecular complexity index is 492. The van der Waals surface area contributed by atoms with E-state index >= 15 is 0 Å². The Hall–Kier alpha value is -2.04. The number of hydrogen-bond acceptors (Lipinski definition) is 3. The summed E-state index contributed by atoms with van der Waals surface area (Å²) in [5.74, 6) is 1.08. The summed E-state index contributed by atoms with van der Waals surface area (Å²) in [6.07, 6.45) is 3.15. The second-order valence-corrected chi connectivity index (χ2v) is 4.19. The van der Waals surface area contributed by atoms with E-state index in [1.54, 1.807) is 24.0 Å². The lowest BCUT2D eigenvalue weighted by Gasteiger charge is -2.32. The van der Waals surface area contributed by atoms with Crippen LogP contribution in [0.3, 0.4) is 0 Å². The molecule has 124 valence electrons. The number of amides is 2. The van der Waals surface area contributed by atoms with Crippen LogP contribution in [-0.4, -0.2) is 36.3 Å². The molecule has 2 rings (SSSR count). The van der Waals surface area contributed by atoms with Gasteiger partial charge >= 0.3 is 0 Å². The quantitative estimate of drug-likeness (QED) is 0.787. The zero-order chi connectivity index (χ0) is 17.1. The lowest BCUT2D eigenvalue weighted by Crippen LogP contribution is -2.52. The van der Waals surface area contributed by atoms with Crippen molar-refractivity contribution in [2.24, 2.45) is 0 Å². The standard InChI is InChI=1S/C13H16N2O3.2C2H6/c1-3-4-11(16)14-7-8-15(12(17)9-14)13-6-5-10(2)18-13;2*1-2/h3-6H,7-9H2,1-2H3;2*1-2H3/b4-3+;;. The van der Waals surface area contributed by atoms with Crippen LogP contribution in [0.1, 0.15) is 40.4 Å². The van der Waals surface area contributed by atoms with Gasteiger partial charge in [0.15, 0.2) is 0 Å². The molecule has 1 aliphatic heterocycles. The van der Waals surface area contributed by atoms with Crippen molar-refractivity contribution in [3.8, 4) is 0 Å². The van der Waals surface area contributed by atoms with Gasteiger partial charge in [-0.15, -0.1) is 0 Å². The molecule has 0 aromatic carbocycles. The number of hydrogen-bond donors (Lipinski definition) is 0. The molecule has 1 aromatic rings. The molecule has 22 heavy (non-hydrogen) atoms. The first kappa shape index (κ1) is 20.0. The maximum atomic E-state index is 12.0. The molecule has 0 unspecified atom stereocenters. The Balaban J connectivity index is 0.00000102. The summed E-state index contributed by atoms with van der Waals surface area (Å²) in [7, 11) is 0. The fourth-order valence-electron chi connectivity index (χ4n) is 1.91. The second kappa shape index (κ2) is 10.7. The molecule has 1 aromatic heterocycles. The van der Waals surface area contributed by atoms with Crippen molar-refractivity contribution in [3.63, 3.8) is 0 Å². The van der Waals surface area contributed by atoms with Gasteiger partial charge in [0, 0.05) is 19.2 Å². The van der Waals surface area contributed by atoms with Crippen LogP contribution in [0.2, 0.25) is 0 Å². The van der Waals surface area contributed by atoms with Crippen LogP contribution in [0.4, 0.5) is 5.88 Å². The van der Waals surface area contributed by atoms with E-state index in [4.69, 9.17) is 4.42 Å². The number of furan rings is 1. The maximum absolute atomic E-state index is 12.0. The van der Waals surface area contributed by atoms with Crippen LogP contribution < -0.4 is 4.90 Å². The zero-order valence-corrected chi connectivity index (χ0v) is 14.5. The van der Waals surface area contributed by atoms with Crippen LogP contribution in [0.25, 0.3) is 0 Å². The fourth-order valence-corrected chi connectivity index (χ4v) is 1.91. The molecule has 5 nitrogen and oxygen atoms in total. The smallest absolute Gasteiger partial charge is 0.248 e. The summed E-state index contributed by atoms with van der Waals surface area (Å²) in [5.41, 5.74) is 0. The van der Waals surface area contributed by atoms with Crippen molar-refractivity contribution in [2.45, 2.75) is 41.5 Å². The van der Waals surface area contributed by atoms with E-state index in [0.29, 0.717) is 19.0 Å². The monoisotopic (exact) mass is 308 g/mol. The third-order valence-corrected chi connectivity index (χ3v) is 2.83. The topological polar surface area (TPSA) is 53.8 Å². The van der Waals surface area contributed by atoms with Crippen LogP contribution >= 0.6 is 0 Å². The van der Waals surface area contributed by atoms with Crippen molar-refractivity contribution in [3.05, 3.63) is 30.0 Å². The number of carbonyl (C=O) groups is 2. The van der Waals surface area contributed by atoms with E-state index in [1.165, 1.54) is 11.0 Å². The summed E-state index contributed by atoms with van der Waals surface area (Å²) >= 11 is 0. The highest BCUT2D eigenvalue weighted by Crippen LogP contribution is 2.20. The van der Waals surface area contributed by atoms with Gasteiger partial charge in [-0.3, -0.25) is 14.5 Å². The van der Waals surface area contributed by atoms with Gasteiger partial charge in [-0.05, 0) is 26.0 Å². The molecule has 0 atom stereocenters. The molecule has 0 saturated carbocycles. The van der Waals surface area contributed by atoms with Gasteiger partial charge in [0.05, 0.1) is 0 Å². The van der Waals surface area contributed by atoms with Gasteiger partial charge in [-0.25, -0.2) is 0 Å². The number of rotatable bonds is 2. The summed E-state index contributed by atoms with van der Waals surface area (Å²) in [6.45, 7) is 12.7. The first-order valence-corrected chi connectivity index (χ1v) is 7.90. The Labute approximate surface area is 133 Å². The molecule has 5 heteroatoms. The van der Waals surface area contributed by atoms with Gasteiger partial charge < -0.3 is 9.32 Å². The second-order valence-electron chi connectivity index (χ2n) is 4.19. The van der Waals surface area contributed by atoms with Crippen molar-refractivity contribution in [2.75, 3.05) is 24.5 Å². The molecule has 0 spiro atoms. The predicted molar refractivity (Wildman–Crippen MR) is 89.9 cm³/mol. The van der Waals surface area contributed by atoms with Crippen molar-refractivity contribution < 1.29 is 14.0 Å². The van der Waals surface area contributed by atoms with E-state index in [2.05, 4.69) is 0 Å². The normalized spacial score (nSPS) is 14.2. The molecule has 1 saturated heterocycles. The van der Waals surface area contributed by atoms with Crippen LogP contribution in [0.15, 0.2) is 28.7 Å². The third kappa shape index (κ3) is 5.39. The number of allylic oxidation sites excluding steroid dienone is 1. The minimum absolute atomic E-state index is 0.100. The molecule has 2 heterocycles. The molecular formula is C17H28N2O3. The van der Waals surface area contributed by atoms with E-state index in [0.717, 1.165) is 5.76 Å². The minimum Gasteiger partial charge on any atom is -0.445 e. The molecule has 0 aliphatic carbocycles. The van der Waals surface area contributed by atoms with Crippen LogP contribution in [0, 0.1) is 6.92 Å². The van der Waals surface area contributed by atoms with E-state index in [-0.39, 0.29) is 18.4 Å². The van der Waals surface area contributed by atoms with Crippen molar-refractivity contribution in [1.82, 2.24) is 4.90 Å². The van der Waals surface area contributed by atoms with Gasteiger partial charge in [0.2, 0.25) is 17.7 Å². The Morgan fingerprint density at radius 2 is 1.82 bits per heavy atom. The zero-order valence-electron chi connectivity index (χ0n) is 14.5. The molecule has 1 aliphatic rings. The molecule has 0 radical (unpaired) electrons. The van der Waals surface area contributed by atoms with Gasteiger partial charge in [0.25, 0.3) is 0 Å². The number of carbonyl (C=O) groups excluding carboxylic acids is 2. The highest BCUT2D eigenvalue weighted by atomic mass is 16.4. The fraction of sp³-hybridized carbons (Fsp3) is 0.529. The van der Waals surface area contributed by atoms with E-state index < -0.39 is 0 Å². The number of piperazine rings is 1. The maximum Gasteiger partial charge on any atom is 0.248 e. The molecule has 1 fully saturated rings. The molecule has 0 N–H and O–H groups in total. The number of aryl methyl sites for hydroxylation is 1. The molecule has 2 amide bonds. The largest absolute Gasteiger partial charge is 0.445 e. The minimum atomic E-state index is -0.124. The Morgan fingerprint density at radius 1 is 1.18 bits per heavy atom. The lowest BCUT2D eigenvalue weighted by molar-refractivity contribution is -0.133. The van der Waals surface area contributed by atoms with Crippen molar-refractivity contribution >= 4 is 17.7 Å². The number of anilines is 1. The lowest BCUT2D eigenvalue weighted by atomic mass is 10.3. The molecular weight excluding hydrogens is 280 g/mol. The summed E-state index contributed by atoms with van der Waals surface area (Å²) in [6, 6.07) is 3.59. The Kier molecular flexibility index (Phi) is 9.67. The van der Waals surface area contributed by atoms with Crippen molar-refractivity contribution in [1.29, 1.82) is 0 Å². The van der Waals surface area contributed by atoms with Gasteiger partial charge in [-0.2, -0.15) is 0 Å². The average Bonchev–Trinajstić information content (AvgIpc) is 2.97. The first-order valence-electron chi connectivity index (χ1n) is 7.90. The highest BCUT2D eigenvalue weighted by Gasteiger charge is 2.28. The predicted octanol–water partition coefficient (Wildman–Crippen LogP) is 3.39. The Morgan fingerprint density at radius 3 is 2.27 bits per heavy atom. The SMILES string of the molecule is C/C=C/C(=O)N1CCN(c2ccc(C)o2)C(=O)C1.CC.CC. The summed E-state index contributed by atoms with van der Waals surface area (Å²) in [4.78, 5) is 26.7. The van der Waals surface area contributed by atoms with Gasteiger partial charge in [-0.1, -0.05) is 33.8 Å². The summed E-state index contributed by atoms with van der Waals surface area (Å²) in [5, 5.41) is 0. The number of nitrogens with zero attached hydrogens (tertiary/aromatic N) is 2. The van der Waals surface area contributed by atoms with Crippen LogP contribution in [0.5, 0.6) is 0 Å². The van der Waals surface area contributed by atoms with E-state index in [1.807, 2.05) is 40.7 Å². The third-order valence-electron chi connectivity index (χ3n) is 2.83. The molecule has 0 bridgehead atoms. The average molecular weight is 308 g/mol. The van der Waals surface area contributed by atoms with Gasteiger partial charge in [0.1, 0.15) is 12.3 Å². The highest BCUT2D eigenvalue weighted by molar-refractivity contribution is 5.98.